The van der Waals surface area contributed by atoms with Crippen LogP contribution in [0.5, 0.6) is 0 Å². The summed E-state index contributed by atoms with van der Waals surface area (Å²) in [6.45, 7) is 3.67. The van der Waals surface area contributed by atoms with Crippen molar-refractivity contribution in [3.05, 3.63) is 95.0 Å². The van der Waals surface area contributed by atoms with Gasteiger partial charge in [-0.3, -0.25) is 4.79 Å². The second-order valence-corrected chi connectivity index (χ2v) is 13.4. The minimum Gasteiger partial charge on any atom is -0.383 e. The van der Waals surface area contributed by atoms with E-state index in [1.807, 2.05) is 69.5 Å². The number of halogens is 1. The van der Waals surface area contributed by atoms with Crippen molar-refractivity contribution in [1.29, 1.82) is 0 Å². The van der Waals surface area contributed by atoms with Crippen LogP contribution in [0, 0.1) is 0 Å². The Bertz CT molecular complexity index is 1320. The smallest absolute Gasteiger partial charge is 0.240 e. The van der Waals surface area contributed by atoms with E-state index in [0.29, 0.717) is 30.3 Å². The normalized spacial score (nSPS) is 11.8. The third kappa shape index (κ3) is 11.6. The summed E-state index contributed by atoms with van der Waals surface area (Å²) in [6, 6.07) is 25.1. The number of carbonyl (C=O) groups excluding carboxylic acids is 1. The molecule has 3 aromatic carbocycles. The molecule has 0 spiro atoms. The monoisotopic (exact) mass is 627 g/mol. The Morgan fingerprint density at radius 1 is 0.791 bits per heavy atom. The molecule has 0 heterocycles. The number of hydrogen-bond donors (Lipinski definition) is 2. The van der Waals surface area contributed by atoms with Crippen LogP contribution in [0.15, 0.2) is 83.8 Å². The molecule has 234 valence electrons. The number of benzene rings is 3. The first-order valence-corrected chi connectivity index (χ1v) is 16.6. The van der Waals surface area contributed by atoms with E-state index in [4.69, 9.17) is 11.6 Å². The molecule has 0 aliphatic heterocycles. The largest absolute Gasteiger partial charge is 0.383 e. The maximum atomic E-state index is 13.1. The van der Waals surface area contributed by atoms with Gasteiger partial charge in [0.15, 0.2) is 0 Å². The van der Waals surface area contributed by atoms with Gasteiger partial charge in [0, 0.05) is 38.5 Å². The first-order chi connectivity index (χ1) is 20.6. The highest BCUT2D eigenvalue weighted by atomic mass is 35.5. The number of nitrogens with one attached hydrogen (secondary N) is 2. The van der Waals surface area contributed by atoms with Gasteiger partial charge < -0.3 is 20.0 Å². The molecule has 0 saturated heterocycles. The minimum atomic E-state index is -3.84. The quantitative estimate of drug-likeness (QED) is 0.207. The van der Waals surface area contributed by atoms with Crippen molar-refractivity contribution in [2.75, 3.05) is 72.8 Å². The van der Waals surface area contributed by atoms with Crippen LogP contribution in [-0.4, -0.2) is 96.5 Å². The summed E-state index contributed by atoms with van der Waals surface area (Å²) in [5, 5.41) is 3.71. The summed E-state index contributed by atoms with van der Waals surface area (Å²) in [7, 11) is 4.19. The Morgan fingerprint density at radius 3 is 1.81 bits per heavy atom. The zero-order valence-electron chi connectivity index (χ0n) is 25.8. The van der Waals surface area contributed by atoms with Gasteiger partial charge in [0.2, 0.25) is 15.9 Å². The van der Waals surface area contributed by atoms with Crippen LogP contribution in [0.2, 0.25) is 5.02 Å². The van der Waals surface area contributed by atoms with Crippen molar-refractivity contribution in [1.82, 2.24) is 19.4 Å². The molecule has 0 saturated carbocycles. The number of anilines is 1. The summed E-state index contributed by atoms with van der Waals surface area (Å²) in [5.41, 5.74) is 2.99. The Hall–Kier alpha value is -2.95. The number of sulfonamides is 1. The van der Waals surface area contributed by atoms with E-state index in [-0.39, 0.29) is 29.7 Å². The SMILES string of the molecule is CN(C)CCCN(CCCN(C)C)C(=O)CCNS(=O)(=O)c1ccc(NCC(c2ccccc2)c2ccccc2)c(Cl)c1. The summed E-state index contributed by atoms with van der Waals surface area (Å²) in [5.74, 6) is 0.0376. The minimum absolute atomic E-state index is 0.0203. The van der Waals surface area contributed by atoms with Crippen molar-refractivity contribution in [2.24, 2.45) is 0 Å². The number of rotatable bonds is 18. The van der Waals surface area contributed by atoms with Gasteiger partial charge in [-0.2, -0.15) is 0 Å². The maximum absolute atomic E-state index is 13.1. The second kappa shape index (κ2) is 17.4. The molecule has 0 aliphatic rings. The van der Waals surface area contributed by atoms with Crippen molar-refractivity contribution >= 4 is 33.2 Å². The molecular formula is C33H46ClN5O3S. The Labute approximate surface area is 263 Å². The van der Waals surface area contributed by atoms with E-state index >= 15 is 0 Å². The fourth-order valence-corrected chi connectivity index (χ4v) is 6.24. The van der Waals surface area contributed by atoms with E-state index in [9.17, 15) is 13.2 Å². The molecule has 0 bridgehead atoms. The summed E-state index contributed by atoms with van der Waals surface area (Å²) in [4.78, 5) is 19.1. The third-order valence-corrected chi connectivity index (χ3v) is 8.97. The molecule has 0 radical (unpaired) electrons. The zero-order valence-corrected chi connectivity index (χ0v) is 27.4. The van der Waals surface area contributed by atoms with E-state index in [1.54, 1.807) is 6.07 Å². The van der Waals surface area contributed by atoms with Gasteiger partial charge in [-0.05, 0) is 83.4 Å². The van der Waals surface area contributed by atoms with Gasteiger partial charge >= 0.3 is 0 Å². The molecule has 43 heavy (non-hydrogen) atoms. The molecule has 2 N–H and O–H groups in total. The Morgan fingerprint density at radius 2 is 1.33 bits per heavy atom. The van der Waals surface area contributed by atoms with Gasteiger partial charge in [0.25, 0.3) is 0 Å². The zero-order chi connectivity index (χ0) is 31.2. The van der Waals surface area contributed by atoms with Crippen LogP contribution in [-0.2, 0) is 14.8 Å². The van der Waals surface area contributed by atoms with Crippen LogP contribution in [0.3, 0.4) is 0 Å². The van der Waals surface area contributed by atoms with Gasteiger partial charge in [-0.25, -0.2) is 13.1 Å². The van der Waals surface area contributed by atoms with Crippen molar-refractivity contribution < 1.29 is 13.2 Å². The van der Waals surface area contributed by atoms with Crippen LogP contribution in [0.4, 0.5) is 5.69 Å². The van der Waals surface area contributed by atoms with Crippen molar-refractivity contribution in [3.63, 3.8) is 0 Å². The number of nitrogens with zero attached hydrogens (tertiary/aromatic N) is 3. The fourth-order valence-electron chi connectivity index (χ4n) is 4.87. The highest BCUT2D eigenvalue weighted by molar-refractivity contribution is 7.89. The molecule has 0 atom stereocenters. The molecule has 0 unspecified atom stereocenters. The molecule has 1 amide bonds. The third-order valence-electron chi connectivity index (χ3n) is 7.20. The fraction of sp³-hybridized carbons (Fsp3) is 0.424. The average Bonchev–Trinajstić information content (AvgIpc) is 2.97. The molecule has 3 aromatic rings. The number of hydrogen-bond acceptors (Lipinski definition) is 6. The predicted octanol–water partition coefficient (Wildman–Crippen LogP) is 4.98. The summed E-state index contributed by atoms with van der Waals surface area (Å²) in [6.07, 6.45) is 1.82. The molecule has 10 heteroatoms. The molecule has 3 rings (SSSR count). The van der Waals surface area contributed by atoms with Crippen LogP contribution < -0.4 is 10.0 Å². The summed E-state index contributed by atoms with van der Waals surface area (Å²) >= 11 is 6.56. The average molecular weight is 628 g/mol. The first kappa shape index (κ1) is 34.5. The van der Waals surface area contributed by atoms with Gasteiger partial charge in [0.1, 0.15) is 0 Å². The molecule has 0 aliphatic carbocycles. The standard InChI is InChI=1S/C33H46ClN5O3S/c1-37(2)21-11-23-39(24-12-22-38(3)4)33(40)19-20-36-43(41,42)29-17-18-32(31(34)25-29)35-26-30(27-13-7-5-8-14-27)28-15-9-6-10-16-28/h5-10,13-18,25,30,35-36H,11-12,19-24,26H2,1-4H3. The lowest BCUT2D eigenvalue weighted by atomic mass is 9.91. The molecule has 0 aromatic heterocycles. The molecule has 0 fully saturated rings. The van der Waals surface area contributed by atoms with E-state index < -0.39 is 10.0 Å². The summed E-state index contributed by atoms with van der Waals surface area (Å²) < 4.78 is 28.7. The predicted molar refractivity (Wildman–Crippen MR) is 177 cm³/mol. The van der Waals surface area contributed by atoms with Crippen LogP contribution in [0.25, 0.3) is 0 Å². The molecular weight excluding hydrogens is 582 g/mol. The van der Waals surface area contributed by atoms with Gasteiger partial charge in [-0.1, -0.05) is 72.3 Å². The van der Waals surface area contributed by atoms with Crippen LogP contribution >= 0.6 is 11.6 Å². The lowest BCUT2D eigenvalue weighted by Gasteiger charge is -2.24. The lowest BCUT2D eigenvalue weighted by molar-refractivity contribution is -0.131. The van der Waals surface area contributed by atoms with E-state index in [2.05, 4.69) is 44.1 Å². The lowest BCUT2D eigenvalue weighted by Crippen LogP contribution is -2.37. The van der Waals surface area contributed by atoms with Crippen molar-refractivity contribution in [2.45, 2.75) is 30.1 Å². The van der Waals surface area contributed by atoms with Gasteiger partial charge in [0.05, 0.1) is 15.6 Å². The van der Waals surface area contributed by atoms with Crippen molar-refractivity contribution in [3.8, 4) is 0 Å². The molecule has 8 nitrogen and oxygen atoms in total. The number of carbonyl (C=O) groups is 1. The maximum Gasteiger partial charge on any atom is 0.240 e. The topological polar surface area (TPSA) is 85.0 Å². The Kier molecular flexibility index (Phi) is 14.0. The highest BCUT2D eigenvalue weighted by Gasteiger charge is 2.19. The Balaban J connectivity index is 1.59. The first-order valence-electron chi connectivity index (χ1n) is 14.8. The highest BCUT2D eigenvalue weighted by Crippen LogP contribution is 2.29. The number of amides is 1. The van der Waals surface area contributed by atoms with E-state index in [0.717, 1.165) is 25.9 Å². The van der Waals surface area contributed by atoms with Crippen LogP contribution in [0.1, 0.15) is 36.3 Å². The second-order valence-electron chi connectivity index (χ2n) is 11.2. The van der Waals surface area contributed by atoms with Gasteiger partial charge in [-0.15, -0.1) is 0 Å². The van der Waals surface area contributed by atoms with E-state index in [1.165, 1.54) is 23.3 Å².